The monoisotopic (exact) mass is 541 g/mol. The van der Waals surface area contributed by atoms with Crippen molar-refractivity contribution in [3.63, 3.8) is 0 Å². The van der Waals surface area contributed by atoms with Crippen LogP contribution in [-0.2, 0) is 17.8 Å². The lowest BCUT2D eigenvalue weighted by Crippen LogP contribution is -2.23. The van der Waals surface area contributed by atoms with Crippen molar-refractivity contribution >= 4 is 34.1 Å². The van der Waals surface area contributed by atoms with E-state index in [1.54, 1.807) is 24.5 Å². The number of amides is 2. The van der Waals surface area contributed by atoms with Crippen molar-refractivity contribution in [3.8, 4) is 0 Å². The van der Waals surface area contributed by atoms with Gasteiger partial charge < -0.3 is 15.5 Å². The number of nitrogens with one attached hydrogen (secondary N) is 2. The maximum absolute atomic E-state index is 12.7. The Balaban J connectivity index is 1.000. The molecule has 2 N–H and O–H groups in total. The van der Waals surface area contributed by atoms with Gasteiger partial charge in [-0.05, 0) is 67.1 Å². The van der Waals surface area contributed by atoms with Crippen LogP contribution in [0.4, 0.5) is 10.9 Å². The van der Waals surface area contributed by atoms with Crippen molar-refractivity contribution in [1.82, 2.24) is 35.7 Å². The topological polar surface area (TPSA) is 139 Å². The van der Waals surface area contributed by atoms with E-state index in [9.17, 15) is 9.59 Å². The molecule has 1 atom stereocenters. The third-order valence-electron chi connectivity index (χ3n) is 6.83. The van der Waals surface area contributed by atoms with Crippen LogP contribution in [0.5, 0.6) is 0 Å². The van der Waals surface area contributed by atoms with E-state index in [1.165, 1.54) is 29.7 Å². The summed E-state index contributed by atoms with van der Waals surface area (Å²) in [6, 6.07) is 13.2. The molecule has 5 heterocycles. The molecule has 198 valence electrons. The molecule has 4 aromatic heterocycles. The first-order chi connectivity index (χ1) is 19.1. The van der Waals surface area contributed by atoms with Gasteiger partial charge >= 0.3 is 0 Å². The lowest BCUT2D eigenvalue weighted by atomic mass is 10.1. The van der Waals surface area contributed by atoms with Crippen molar-refractivity contribution in [2.75, 3.05) is 23.3 Å². The summed E-state index contributed by atoms with van der Waals surface area (Å²) < 4.78 is 0. The first kappa shape index (κ1) is 25.0. The van der Waals surface area contributed by atoms with E-state index in [4.69, 9.17) is 0 Å². The number of hydrogen-bond acceptors (Lipinski definition) is 10. The fraction of sp³-hybridized carbons (Fsp3) is 0.333. The van der Waals surface area contributed by atoms with Crippen molar-refractivity contribution in [2.24, 2.45) is 0 Å². The fourth-order valence-corrected chi connectivity index (χ4v) is 5.40. The fourth-order valence-electron chi connectivity index (χ4n) is 4.60. The van der Waals surface area contributed by atoms with E-state index < -0.39 is 0 Å². The minimum absolute atomic E-state index is 0.168. The van der Waals surface area contributed by atoms with Crippen LogP contribution >= 0.6 is 11.3 Å². The average Bonchev–Trinajstić information content (AvgIpc) is 3.48. The smallest absolute Gasteiger partial charge is 0.282 e. The van der Waals surface area contributed by atoms with Crippen molar-refractivity contribution in [2.45, 2.75) is 44.1 Å². The van der Waals surface area contributed by atoms with Gasteiger partial charge in [-0.3, -0.25) is 19.6 Å². The zero-order valence-electron chi connectivity index (χ0n) is 21.2. The minimum atomic E-state index is -0.250. The number of hydrogen-bond donors (Lipinski definition) is 2. The number of aromatic nitrogens is 6. The molecule has 0 bridgehead atoms. The van der Waals surface area contributed by atoms with Crippen molar-refractivity contribution in [3.05, 3.63) is 82.5 Å². The summed E-state index contributed by atoms with van der Waals surface area (Å²) in [6.07, 6.45) is 6.97. The Morgan fingerprint density at radius 2 is 1.82 bits per heavy atom. The maximum Gasteiger partial charge on any atom is 0.282 e. The third-order valence-corrected chi connectivity index (χ3v) is 7.81. The van der Waals surface area contributed by atoms with E-state index in [1.807, 2.05) is 24.3 Å². The summed E-state index contributed by atoms with van der Waals surface area (Å²) in [5.74, 6) is 0.775. The summed E-state index contributed by atoms with van der Waals surface area (Å²) >= 11 is 1.28. The van der Waals surface area contributed by atoms with Gasteiger partial charge in [-0.2, -0.15) is 5.10 Å². The Kier molecular flexibility index (Phi) is 7.17. The molecule has 0 radical (unpaired) electrons. The van der Waals surface area contributed by atoms with Crippen LogP contribution in [0.25, 0.3) is 0 Å². The predicted octanol–water partition coefficient (Wildman–Crippen LogP) is 3.10. The molecule has 1 aliphatic carbocycles. The van der Waals surface area contributed by atoms with Crippen LogP contribution in [0.2, 0.25) is 0 Å². The number of rotatable bonds is 9. The molecule has 6 rings (SSSR count). The van der Waals surface area contributed by atoms with Crippen LogP contribution < -0.4 is 15.5 Å². The summed E-state index contributed by atoms with van der Waals surface area (Å²) in [7, 11) is 0. The summed E-state index contributed by atoms with van der Waals surface area (Å²) in [6.45, 7) is 1.84. The second-order valence-electron chi connectivity index (χ2n) is 9.75. The van der Waals surface area contributed by atoms with Gasteiger partial charge in [0.2, 0.25) is 16.0 Å². The van der Waals surface area contributed by atoms with Crippen LogP contribution in [-0.4, -0.2) is 55.3 Å². The number of nitrogens with zero attached hydrogens (tertiary/aromatic N) is 7. The molecule has 2 aliphatic rings. The van der Waals surface area contributed by atoms with Gasteiger partial charge in [0.25, 0.3) is 5.91 Å². The second kappa shape index (κ2) is 11.2. The van der Waals surface area contributed by atoms with Gasteiger partial charge in [0, 0.05) is 37.1 Å². The van der Waals surface area contributed by atoms with Crippen LogP contribution in [0.3, 0.4) is 0 Å². The van der Waals surface area contributed by atoms with E-state index in [2.05, 4.69) is 52.0 Å². The highest BCUT2D eigenvalue weighted by molar-refractivity contribution is 7.17. The number of carbonyl (C=O) groups is 2. The van der Waals surface area contributed by atoms with Gasteiger partial charge in [0.05, 0.1) is 24.4 Å². The molecule has 1 aliphatic heterocycles. The Labute approximate surface area is 229 Å². The largest absolute Gasteiger partial charge is 0.346 e. The zero-order valence-corrected chi connectivity index (χ0v) is 22.0. The molecule has 11 nitrogen and oxygen atoms in total. The Morgan fingerprint density at radius 1 is 0.923 bits per heavy atom. The molecule has 1 saturated carbocycles. The van der Waals surface area contributed by atoms with Crippen molar-refractivity contribution in [1.29, 1.82) is 0 Å². The molecule has 0 aromatic carbocycles. The molecule has 1 saturated heterocycles. The highest BCUT2D eigenvalue weighted by atomic mass is 32.1. The summed E-state index contributed by atoms with van der Waals surface area (Å²) in [5, 5.41) is 23.6. The molecule has 12 heteroatoms. The molecule has 4 aromatic rings. The quantitative estimate of drug-likeness (QED) is 0.327. The van der Waals surface area contributed by atoms with E-state index >= 15 is 0 Å². The Bertz CT molecular complexity index is 1460. The number of anilines is 2. The van der Waals surface area contributed by atoms with Gasteiger partial charge in [0.15, 0.2) is 5.82 Å². The first-order valence-corrected chi connectivity index (χ1v) is 13.8. The second-order valence-corrected chi connectivity index (χ2v) is 10.7. The highest BCUT2D eigenvalue weighted by Crippen LogP contribution is 2.39. The van der Waals surface area contributed by atoms with Crippen LogP contribution in [0, 0.1) is 0 Å². The standard InChI is InChI=1S/C27H27N9O2S/c37-24(14-20-3-1-2-10-28-20)31-23-7-6-22(32-33-23)19-9-12-36(16-19)27-35-34-26(39-27)25(38)30-15-21-13-18(8-11-29-21)17-4-5-17/h1-3,6-8,10-11,13,17,19H,4-5,9,12,14-16H2,(H,30,38)(H,31,33,37)/t19-/m1/s1. The van der Waals surface area contributed by atoms with Gasteiger partial charge in [-0.1, -0.05) is 17.4 Å². The van der Waals surface area contributed by atoms with Crippen LogP contribution in [0.1, 0.15) is 63.5 Å². The molecular formula is C27H27N9O2S. The van der Waals surface area contributed by atoms with E-state index in [0.717, 1.165) is 24.4 Å². The zero-order chi connectivity index (χ0) is 26.6. The predicted molar refractivity (Wildman–Crippen MR) is 145 cm³/mol. The molecule has 0 unspecified atom stereocenters. The minimum Gasteiger partial charge on any atom is -0.346 e. The van der Waals surface area contributed by atoms with E-state index in [-0.39, 0.29) is 24.2 Å². The molecular weight excluding hydrogens is 514 g/mol. The van der Waals surface area contributed by atoms with Crippen LogP contribution in [0.15, 0.2) is 54.9 Å². The SMILES string of the molecule is O=C(Cc1ccccn1)Nc1ccc([C@@H]2CCN(c3nnc(C(=O)NCc4cc(C5CC5)ccn4)s3)C2)nn1. The number of pyridine rings is 2. The van der Waals surface area contributed by atoms with Gasteiger partial charge in [-0.25, -0.2) is 0 Å². The van der Waals surface area contributed by atoms with E-state index in [0.29, 0.717) is 40.7 Å². The highest BCUT2D eigenvalue weighted by Gasteiger charge is 2.28. The molecule has 39 heavy (non-hydrogen) atoms. The van der Waals surface area contributed by atoms with Gasteiger partial charge in [-0.15, -0.1) is 15.3 Å². The third kappa shape index (κ3) is 6.23. The summed E-state index contributed by atoms with van der Waals surface area (Å²) in [4.78, 5) is 35.6. The molecule has 2 amide bonds. The normalized spacial score (nSPS) is 16.7. The molecule has 0 spiro atoms. The Hall–Kier alpha value is -4.32. The Morgan fingerprint density at radius 3 is 2.62 bits per heavy atom. The lowest BCUT2D eigenvalue weighted by molar-refractivity contribution is -0.115. The lowest BCUT2D eigenvalue weighted by Gasteiger charge is -2.14. The maximum atomic E-state index is 12.7. The average molecular weight is 542 g/mol. The van der Waals surface area contributed by atoms with Gasteiger partial charge in [0.1, 0.15) is 0 Å². The van der Waals surface area contributed by atoms with Crippen molar-refractivity contribution < 1.29 is 9.59 Å². The molecule has 2 fully saturated rings. The summed E-state index contributed by atoms with van der Waals surface area (Å²) in [5.41, 5.74) is 3.68. The number of carbonyl (C=O) groups excluding carboxylic acids is 2. The first-order valence-electron chi connectivity index (χ1n) is 13.0.